The number of quaternary nitrogens is 1. The summed E-state index contributed by atoms with van der Waals surface area (Å²) < 4.78 is 5.70. The summed E-state index contributed by atoms with van der Waals surface area (Å²) in [5.41, 5.74) is 2.68. The number of rotatable bonds is 7. The maximum atomic E-state index is 10.1. The van der Waals surface area contributed by atoms with Crippen molar-refractivity contribution < 1.29 is 15.2 Å². The monoisotopic (exact) mass is 328 g/mol. The van der Waals surface area contributed by atoms with Gasteiger partial charge in [-0.25, -0.2) is 0 Å². The van der Waals surface area contributed by atoms with Gasteiger partial charge in [-0.2, -0.15) is 0 Å². The molecule has 2 aromatic rings. The highest BCUT2D eigenvalue weighted by Gasteiger charge is 2.14. The van der Waals surface area contributed by atoms with Crippen LogP contribution in [0.2, 0.25) is 0 Å². The molecule has 0 saturated carbocycles. The third-order valence-electron chi connectivity index (χ3n) is 4.25. The quantitative estimate of drug-likeness (QED) is 0.820. The van der Waals surface area contributed by atoms with E-state index in [0.29, 0.717) is 19.2 Å². The molecule has 130 valence electrons. The fourth-order valence-electron chi connectivity index (χ4n) is 2.57. The minimum atomic E-state index is -0.488. The van der Waals surface area contributed by atoms with Crippen LogP contribution >= 0.6 is 0 Å². The minimum Gasteiger partial charge on any atom is -0.491 e. The van der Waals surface area contributed by atoms with E-state index in [1.165, 1.54) is 11.1 Å². The molecule has 0 aromatic heterocycles. The zero-order valence-electron chi connectivity index (χ0n) is 15.2. The highest BCUT2D eigenvalue weighted by Crippen LogP contribution is 2.24. The molecule has 2 atom stereocenters. The molecule has 2 aromatic carbocycles. The fourth-order valence-corrected chi connectivity index (χ4v) is 2.57. The first-order valence-corrected chi connectivity index (χ1v) is 8.66. The summed E-state index contributed by atoms with van der Waals surface area (Å²) in [5, 5.41) is 12.3. The minimum absolute atomic E-state index is 0.139. The van der Waals surface area contributed by atoms with Gasteiger partial charge in [0, 0.05) is 5.56 Å². The molecule has 0 spiro atoms. The van der Waals surface area contributed by atoms with E-state index in [9.17, 15) is 5.11 Å². The maximum Gasteiger partial charge on any atom is 0.137 e. The van der Waals surface area contributed by atoms with E-state index in [1.807, 2.05) is 30.3 Å². The van der Waals surface area contributed by atoms with E-state index in [-0.39, 0.29) is 5.41 Å². The molecule has 3 nitrogen and oxygen atoms in total. The second-order valence-electron chi connectivity index (χ2n) is 7.41. The topological polar surface area (TPSA) is 46.1 Å². The van der Waals surface area contributed by atoms with Crippen LogP contribution in [0.25, 0.3) is 0 Å². The molecule has 0 fully saturated rings. The van der Waals surface area contributed by atoms with Crippen molar-refractivity contribution in [1.29, 1.82) is 0 Å². The Morgan fingerprint density at radius 2 is 1.62 bits per heavy atom. The zero-order valence-corrected chi connectivity index (χ0v) is 15.2. The predicted octanol–water partition coefficient (Wildman–Crippen LogP) is 3.05. The SMILES string of the molecule is C[C@@H]([NH2+]C[C@@H](O)COc1ccc(C(C)(C)C)cc1)c1ccccc1. The van der Waals surface area contributed by atoms with Crippen molar-refractivity contribution in [2.75, 3.05) is 13.2 Å². The molecule has 0 heterocycles. The van der Waals surface area contributed by atoms with E-state index in [1.54, 1.807) is 0 Å². The summed E-state index contributed by atoms with van der Waals surface area (Å²) in [6, 6.07) is 18.8. The number of aliphatic hydroxyl groups is 1. The summed E-state index contributed by atoms with van der Waals surface area (Å²) in [6.45, 7) is 9.65. The molecule has 3 N–H and O–H groups in total. The van der Waals surface area contributed by atoms with Crippen molar-refractivity contribution in [1.82, 2.24) is 0 Å². The molecule has 0 amide bonds. The van der Waals surface area contributed by atoms with Gasteiger partial charge in [0.2, 0.25) is 0 Å². The van der Waals surface area contributed by atoms with E-state index in [4.69, 9.17) is 4.74 Å². The lowest BCUT2D eigenvalue weighted by molar-refractivity contribution is -0.698. The number of nitrogens with two attached hydrogens (primary N) is 1. The molecular weight excluding hydrogens is 298 g/mol. The van der Waals surface area contributed by atoms with Gasteiger partial charge in [0.15, 0.2) is 0 Å². The van der Waals surface area contributed by atoms with E-state index in [2.05, 4.69) is 57.3 Å². The Labute approximate surface area is 145 Å². The molecule has 24 heavy (non-hydrogen) atoms. The number of aliphatic hydroxyl groups excluding tert-OH is 1. The molecule has 0 bridgehead atoms. The molecular formula is C21H30NO2+. The molecule has 0 radical (unpaired) electrons. The van der Waals surface area contributed by atoms with Crippen LogP contribution in [0.15, 0.2) is 54.6 Å². The lowest BCUT2D eigenvalue weighted by Gasteiger charge is -2.19. The van der Waals surface area contributed by atoms with Gasteiger partial charge in [0.25, 0.3) is 0 Å². The van der Waals surface area contributed by atoms with Gasteiger partial charge < -0.3 is 15.2 Å². The third kappa shape index (κ3) is 5.66. The summed E-state index contributed by atoms with van der Waals surface area (Å²) in [5.74, 6) is 0.804. The van der Waals surface area contributed by atoms with Crippen molar-refractivity contribution in [3.63, 3.8) is 0 Å². The summed E-state index contributed by atoms with van der Waals surface area (Å²) in [7, 11) is 0. The number of ether oxygens (including phenoxy) is 1. The first-order valence-electron chi connectivity index (χ1n) is 8.66. The second-order valence-corrected chi connectivity index (χ2v) is 7.41. The smallest absolute Gasteiger partial charge is 0.137 e. The van der Waals surface area contributed by atoms with Crippen molar-refractivity contribution in [2.45, 2.75) is 45.3 Å². The van der Waals surface area contributed by atoms with Crippen molar-refractivity contribution >= 4 is 0 Å². The first kappa shape index (κ1) is 18.5. The summed E-state index contributed by atoms with van der Waals surface area (Å²) in [6.07, 6.45) is -0.488. The van der Waals surface area contributed by atoms with Gasteiger partial charge in [0.1, 0.15) is 31.0 Å². The third-order valence-corrected chi connectivity index (χ3v) is 4.25. The summed E-state index contributed by atoms with van der Waals surface area (Å²) in [4.78, 5) is 0. The van der Waals surface area contributed by atoms with Crippen LogP contribution in [-0.2, 0) is 5.41 Å². The first-order chi connectivity index (χ1) is 11.4. The van der Waals surface area contributed by atoms with Crippen LogP contribution in [0.5, 0.6) is 5.75 Å². The second kappa shape index (κ2) is 8.32. The van der Waals surface area contributed by atoms with Crippen LogP contribution in [0.1, 0.15) is 44.9 Å². The highest BCUT2D eigenvalue weighted by molar-refractivity contribution is 5.31. The normalized spacial score (nSPS) is 14.2. The Bertz CT molecular complexity index is 602. The molecule has 3 heteroatoms. The largest absolute Gasteiger partial charge is 0.491 e. The van der Waals surface area contributed by atoms with Gasteiger partial charge >= 0.3 is 0 Å². The standard InChI is InChI=1S/C21H29NO2/c1-16(17-8-6-5-7-9-17)22-14-19(23)15-24-20-12-10-18(11-13-20)21(2,3)4/h5-13,16,19,22-23H,14-15H2,1-4H3/p+1/t16-,19-/m1/s1. The lowest BCUT2D eigenvalue weighted by Crippen LogP contribution is -2.87. The van der Waals surface area contributed by atoms with Crippen LogP contribution in [0, 0.1) is 0 Å². The Morgan fingerprint density at radius 3 is 2.21 bits per heavy atom. The van der Waals surface area contributed by atoms with Gasteiger partial charge in [-0.3, -0.25) is 0 Å². The molecule has 0 aliphatic carbocycles. The fraction of sp³-hybridized carbons (Fsp3) is 0.429. The van der Waals surface area contributed by atoms with Crippen LogP contribution in [0.4, 0.5) is 0 Å². The van der Waals surface area contributed by atoms with E-state index >= 15 is 0 Å². The van der Waals surface area contributed by atoms with Crippen LogP contribution in [-0.4, -0.2) is 24.4 Å². The van der Waals surface area contributed by atoms with Gasteiger partial charge in [-0.15, -0.1) is 0 Å². The predicted molar refractivity (Wildman–Crippen MR) is 98.3 cm³/mol. The molecule has 0 aliphatic rings. The number of hydrogen-bond acceptors (Lipinski definition) is 2. The highest BCUT2D eigenvalue weighted by atomic mass is 16.5. The van der Waals surface area contributed by atoms with Crippen molar-refractivity contribution in [3.05, 3.63) is 65.7 Å². The Morgan fingerprint density at radius 1 is 1.00 bits per heavy atom. The van der Waals surface area contributed by atoms with Crippen LogP contribution < -0.4 is 10.1 Å². The van der Waals surface area contributed by atoms with Crippen LogP contribution in [0.3, 0.4) is 0 Å². The van der Waals surface area contributed by atoms with Gasteiger partial charge in [-0.1, -0.05) is 63.2 Å². The molecule has 2 rings (SSSR count). The molecule has 0 unspecified atom stereocenters. The summed E-state index contributed by atoms with van der Waals surface area (Å²) >= 11 is 0. The Hall–Kier alpha value is -1.84. The van der Waals surface area contributed by atoms with Gasteiger partial charge in [0.05, 0.1) is 0 Å². The number of hydrogen-bond donors (Lipinski definition) is 2. The molecule has 0 saturated heterocycles. The van der Waals surface area contributed by atoms with Crippen molar-refractivity contribution in [2.24, 2.45) is 0 Å². The zero-order chi connectivity index (χ0) is 17.6. The number of benzene rings is 2. The molecule has 0 aliphatic heterocycles. The average molecular weight is 328 g/mol. The van der Waals surface area contributed by atoms with Crippen molar-refractivity contribution in [3.8, 4) is 5.75 Å². The van der Waals surface area contributed by atoms with Gasteiger partial charge in [-0.05, 0) is 30.0 Å². The average Bonchev–Trinajstić information content (AvgIpc) is 2.58. The Balaban J connectivity index is 1.76. The van der Waals surface area contributed by atoms with E-state index in [0.717, 1.165) is 5.75 Å². The Kier molecular flexibility index (Phi) is 6.41. The maximum absolute atomic E-state index is 10.1. The lowest BCUT2D eigenvalue weighted by atomic mass is 9.87. The van der Waals surface area contributed by atoms with E-state index < -0.39 is 6.10 Å².